The van der Waals surface area contributed by atoms with Gasteiger partial charge in [0.1, 0.15) is 6.04 Å². The number of amides is 1. The number of hydrogen-bond donors (Lipinski definition) is 0. The molecule has 2 aliphatic rings. The molecule has 0 spiro atoms. The number of hydrogen-bond acceptors (Lipinski definition) is 4. The molecule has 1 saturated carbocycles. The quantitative estimate of drug-likeness (QED) is 0.760. The molecule has 1 amide bonds. The van der Waals surface area contributed by atoms with Crippen molar-refractivity contribution in [3.8, 4) is 0 Å². The van der Waals surface area contributed by atoms with Crippen molar-refractivity contribution in [2.75, 3.05) is 20.2 Å². The molecule has 0 saturated heterocycles. The number of carbonyl (C=O) groups excluding carboxylic acids is 2. The summed E-state index contributed by atoms with van der Waals surface area (Å²) in [4.78, 5) is 29.4. The molecule has 1 atom stereocenters. The third-order valence-electron chi connectivity index (χ3n) is 5.83. The highest BCUT2D eigenvalue weighted by molar-refractivity contribution is 5.81. The first-order valence-electron chi connectivity index (χ1n) is 9.82. The molecule has 1 aromatic carbocycles. The van der Waals surface area contributed by atoms with Crippen LogP contribution in [0.15, 0.2) is 24.3 Å². The number of fused-ring (bicyclic) bond motifs is 1. The monoisotopic (exact) mass is 358 g/mol. The summed E-state index contributed by atoms with van der Waals surface area (Å²) < 4.78 is 5.01. The summed E-state index contributed by atoms with van der Waals surface area (Å²) in [6.07, 6.45) is 6.49. The van der Waals surface area contributed by atoms with E-state index in [1.54, 1.807) is 0 Å². The van der Waals surface area contributed by atoms with Crippen LogP contribution < -0.4 is 0 Å². The zero-order valence-corrected chi connectivity index (χ0v) is 15.9. The van der Waals surface area contributed by atoms with Crippen LogP contribution in [0.5, 0.6) is 0 Å². The molecular weight excluding hydrogens is 328 g/mol. The molecule has 142 valence electrons. The van der Waals surface area contributed by atoms with E-state index >= 15 is 0 Å². The van der Waals surface area contributed by atoms with E-state index < -0.39 is 0 Å². The summed E-state index contributed by atoms with van der Waals surface area (Å²) in [6.45, 7) is 3.68. The standard InChI is InChI=1S/C21H30N2O3/c1-3-23(18-11-5-4-6-12-18)20(24)15-22-14-17-10-8-7-9-16(17)13-19(22)21(25)26-2/h7-10,18-19H,3-6,11-15H2,1-2H3. The normalized spacial score (nSPS) is 21.1. The van der Waals surface area contributed by atoms with Crippen molar-refractivity contribution in [3.05, 3.63) is 35.4 Å². The SMILES string of the molecule is CCN(C(=O)CN1Cc2ccccc2CC1C(=O)OC)C1CCCCC1. The van der Waals surface area contributed by atoms with Crippen LogP contribution >= 0.6 is 0 Å². The van der Waals surface area contributed by atoms with Gasteiger partial charge in [0, 0.05) is 19.1 Å². The van der Waals surface area contributed by atoms with Gasteiger partial charge >= 0.3 is 5.97 Å². The topological polar surface area (TPSA) is 49.9 Å². The Kier molecular flexibility index (Phi) is 6.30. The molecular formula is C21H30N2O3. The Bertz CT molecular complexity index is 640. The minimum absolute atomic E-state index is 0.132. The van der Waals surface area contributed by atoms with Gasteiger partial charge in [-0.1, -0.05) is 43.5 Å². The second-order valence-corrected chi connectivity index (χ2v) is 7.39. The Labute approximate surface area is 156 Å². The van der Waals surface area contributed by atoms with Crippen LogP contribution in [0.25, 0.3) is 0 Å². The number of nitrogens with zero attached hydrogens (tertiary/aromatic N) is 2. The van der Waals surface area contributed by atoms with Gasteiger partial charge in [-0.15, -0.1) is 0 Å². The fourth-order valence-electron chi connectivity index (χ4n) is 4.41. The number of rotatable bonds is 5. The minimum atomic E-state index is -0.385. The van der Waals surface area contributed by atoms with Gasteiger partial charge in [-0.05, 0) is 37.3 Å². The van der Waals surface area contributed by atoms with Crippen LogP contribution in [0, 0.1) is 0 Å². The average molecular weight is 358 g/mol. The molecule has 0 aromatic heterocycles. The molecule has 1 aliphatic heterocycles. The highest BCUT2D eigenvalue weighted by Gasteiger charge is 2.35. The highest BCUT2D eigenvalue weighted by atomic mass is 16.5. The average Bonchev–Trinajstić information content (AvgIpc) is 2.68. The fraction of sp³-hybridized carbons (Fsp3) is 0.619. The second kappa shape index (κ2) is 8.67. The van der Waals surface area contributed by atoms with Crippen LogP contribution in [0.2, 0.25) is 0 Å². The van der Waals surface area contributed by atoms with E-state index in [9.17, 15) is 9.59 Å². The first kappa shape index (κ1) is 18.9. The predicted octanol–water partition coefficient (Wildman–Crippen LogP) is 2.77. The predicted molar refractivity (Wildman–Crippen MR) is 101 cm³/mol. The lowest BCUT2D eigenvalue weighted by atomic mass is 9.93. The van der Waals surface area contributed by atoms with E-state index in [0.717, 1.165) is 19.4 Å². The van der Waals surface area contributed by atoms with Crippen molar-refractivity contribution >= 4 is 11.9 Å². The maximum atomic E-state index is 13.0. The van der Waals surface area contributed by atoms with Crippen LogP contribution in [0.4, 0.5) is 0 Å². The summed E-state index contributed by atoms with van der Waals surface area (Å²) in [7, 11) is 1.42. The molecule has 0 bridgehead atoms. The number of esters is 1. The molecule has 1 heterocycles. The summed E-state index contributed by atoms with van der Waals surface area (Å²) >= 11 is 0. The van der Waals surface area contributed by atoms with Crippen molar-refractivity contribution in [2.24, 2.45) is 0 Å². The van der Waals surface area contributed by atoms with Gasteiger partial charge in [0.05, 0.1) is 13.7 Å². The van der Waals surface area contributed by atoms with E-state index in [1.165, 1.54) is 37.5 Å². The van der Waals surface area contributed by atoms with Crippen LogP contribution in [-0.2, 0) is 27.3 Å². The van der Waals surface area contributed by atoms with Crippen LogP contribution in [-0.4, -0.2) is 54.0 Å². The lowest BCUT2D eigenvalue weighted by Gasteiger charge is -2.38. The van der Waals surface area contributed by atoms with Crippen LogP contribution in [0.1, 0.15) is 50.2 Å². The van der Waals surface area contributed by atoms with E-state index in [1.807, 2.05) is 21.9 Å². The Morgan fingerprint density at radius 2 is 1.85 bits per heavy atom. The molecule has 1 unspecified atom stereocenters. The third kappa shape index (κ3) is 4.09. The van der Waals surface area contributed by atoms with Gasteiger partial charge in [0.25, 0.3) is 0 Å². The number of carbonyl (C=O) groups is 2. The molecule has 1 aliphatic carbocycles. The lowest BCUT2D eigenvalue weighted by Crippen LogP contribution is -2.52. The van der Waals surface area contributed by atoms with Crippen molar-refractivity contribution < 1.29 is 14.3 Å². The Hall–Kier alpha value is -1.88. The Balaban J connectivity index is 1.74. The molecule has 0 radical (unpaired) electrons. The molecule has 5 heteroatoms. The minimum Gasteiger partial charge on any atom is -0.468 e. The molecule has 26 heavy (non-hydrogen) atoms. The molecule has 5 nitrogen and oxygen atoms in total. The van der Waals surface area contributed by atoms with Crippen molar-refractivity contribution in [3.63, 3.8) is 0 Å². The second-order valence-electron chi connectivity index (χ2n) is 7.39. The smallest absolute Gasteiger partial charge is 0.323 e. The maximum Gasteiger partial charge on any atom is 0.323 e. The molecule has 1 aromatic rings. The van der Waals surface area contributed by atoms with Gasteiger partial charge in [-0.25, -0.2) is 0 Å². The Morgan fingerprint density at radius 3 is 2.50 bits per heavy atom. The zero-order valence-electron chi connectivity index (χ0n) is 15.9. The summed E-state index contributed by atoms with van der Waals surface area (Å²) in [6, 6.07) is 8.12. The Morgan fingerprint density at radius 1 is 1.15 bits per heavy atom. The highest BCUT2D eigenvalue weighted by Crippen LogP contribution is 2.26. The molecule has 3 rings (SSSR count). The summed E-state index contributed by atoms with van der Waals surface area (Å²) in [5, 5.41) is 0. The number of likely N-dealkylation sites (N-methyl/N-ethyl adjacent to an activating group) is 1. The van der Waals surface area contributed by atoms with Crippen molar-refractivity contribution in [1.29, 1.82) is 0 Å². The number of ether oxygens (including phenoxy) is 1. The molecule has 1 fully saturated rings. The van der Waals surface area contributed by atoms with Gasteiger partial charge in [0.15, 0.2) is 0 Å². The summed E-state index contributed by atoms with van der Waals surface area (Å²) in [5.74, 6) is -0.124. The van der Waals surface area contributed by atoms with Gasteiger partial charge in [-0.2, -0.15) is 0 Å². The van der Waals surface area contributed by atoms with Crippen molar-refractivity contribution in [2.45, 2.75) is 64.1 Å². The van der Waals surface area contributed by atoms with Gasteiger partial charge < -0.3 is 9.64 Å². The fourth-order valence-corrected chi connectivity index (χ4v) is 4.41. The number of methoxy groups -OCH3 is 1. The first-order chi connectivity index (χ1) is 12.6. The zero-order chi connectivity index (χ0) is 18.5. The van der Waals surface area contributed by atoms with Gasteiger partial charge in [-0.3, -0.25) is 14.5 Å². The van der Waals surface area contributed by atoms with E-state index in [2.05, 4.69) is 19.1 Å². The van der Waals surface area contributed by atoms with E-state index in [-0.39, 0.29) is 24.5 Å². The third-order valence-corrected chi connectivity index (χ3v) is 5.83. The largest absolute Gasteiger partial charge is 0.468 e. The van der Waals surface area contributed by atoms with Crippen LogP contribution in [0.3, 0.4) is 0 Å². The van der Waals surface area contributed by atoms with E-state index in [0.29, 0.717) is 19.0 Å². The summed E-state index contributed by atoms with van der Waals surface area (Å²) in [5.41, 5.74) is 2.37. The maximum absolute atomic E-state index is 13.0. The number of benzene rings is 1. The lowest BCUT2D eigenvalue weighted by molar-refractivity contribution is -0.149. The van der Waals surface area contributed by atoms with Crippen molar-refractivity contribution in [1.82, 2.24) is 9.80 Å². The van der Waals surface area contributed by atoms with E-state index in [4.69, 9.17) is 4.74 Å². The molecule has 0 N–H and O–H groups in total. The first-order valence-corrected chi connectivity index (χ1v) is 9.82. The van der Waals surface area contributed by atoms with Gasteiger partial charge in [0.2, 0.25) is 5.91 Å².